The highest BCUT2D eigenvalue weighted by Crippen LogP contribution is 2.42. The van der Waals surface area contributed by atoms with Crippen LogP contribution in [0, 0.1) is 0 Å². The van der Waals surface area contributed by atoms with Gasteiger partial charge in [-0.3, -0.25) is 4.79 Å². The van der Waals surface area contributed by atoms with E-state index in [4.69, 9.17) is 0 Å². The molecular weight excluding hydrogens is 506 g/mol. The zero-order chi connectivity index (χ0) is 27.1. The molecule has 4 rings (SSSR count). The number of esters is 1. The Hall–Kier alpha value is -4.03. The summed E-state index contributed by atoms with van der Waals surface area (Å²) < 4.78 is 86.9. The monoisotopic (exact) mass is 526 g/mol. The molecule has 1 amide bonds. The number of nitrogens with zero attached hydrogens (tertiary/aromatic N) is 3. The van der Waals surface area contributed by atoms with Crippen molar-refractivity contribution in [1.29, 1.82) is 0 Å². The number of methoxy groups -OCH3 is 1. The number of hydrogen-bond acceptors (Lipinski definition) is 5. The van der Waals surface area contributed by atoms with E-state index in [1.54, 1.807) is 0 Å². The molecule has 0 saturated carbocycles. The topological polar surface area (TPSA) is 76.5 Å². The number of carbonyl (C=O) groups excluding carboxylic acids is 2. The van der Waals surface area contributed by atoms with Crippen LogP contribution in [-0.4, -0.2) is 35.3 Å². The van der Waals surface area contributed by atoms with E-state index in [2.05, 4.69) is 15.2 Å². The molecule has 3 aromatic rings. The van der Waals surface area contributed by atoms with Crippen LogP contribution in [0.25, 0.3) is 0 Å². The molecule has 1 atom stereocenters. The summed E-state index contributed by atoms with van der Waals surface area (Å²) in [4.78, 5) is 26.0. The van der Waals surface area contributed by atoms with Gasteiger partial charge in [-0.25, -0.2) is 9.48 Å². The highest BCUT2D eigenvalue weighted by atomic mass is 19.4. The molecule has 0 aliphatic carbocycles. The van der Waals surface area contributed by atoms with Gasteiger partial charge in [-0.15, -0.1) is 0 Å². The number of fused-ring (bicyclic) bond motifs is 1. The van der Waals surface area contributed by atoms with Gasteiger partial charge in [0.15, 0.2) is 5.69 Å². The van der Waals surface area contributed by atoms with Gasteiger partial charge in [0.05, 0.1) is 30.8 Å². The Kier molecular flexibility index (Phi) is 6.65. The van der Waals surface area contributed by atoms with Crippen molar-refractivity contribution in [2.45, 2.75) is 31.9 Å². The van der Waals surface area contributed by atoms with Gasteiger partial charge < -0.3 is 15.0 Å². The van der Waals surface area contributed by atoms with Crippen LogP contribution in [0.3, 0.4) is 0 Å². The maximum atomic E-state index is 13.9. The number of hydrogen-bond donors (Lipinski definition) is 1. The fraction of sp³-hybridized carbons (Fsp3) is 0.292. The van der Waals surface area contributed by atoms with Gasteiger partial charge in [0, 0.05) is 12.2 Å². The second-order valence-corrected chi connectivity index (χ2v) is 8.28. The third kappa shape index (κ3) is 5.11. The van der Waals surface area contributed by atoms with E-state index in [-0.39, 0.29) is 30.2 Å². The number of halogens is 6. The van der Waals surface area contributed by atoms with Crippen molar-refractivity contribution in [3.63, 3.8) is 0 Å². The molecule has 1 aliphatic rings. The third-order valence-corrected chi connectivity index (χ3v) is 5.88. The molecule has 2 heterocycles. The Labute approximate surface area is 206 Å². The Morgan fingerprint density at radius 3 is 2.27 bits per heavy atom. The normalized spacial score (nSPS) is 14.3. The fourth-order valence-corrected chi connectivity index (χ4v) is 4.07. The number of rotatable bonds is 5. The van der Waals surface area contributed by atoms with E-state index in [0.29, 0.717) is 5.56 Å². The van der Waals surface area contributed by atoms with E-state index >= 15 is 0 Å². The molecule has 0 spiro atoms. The molecule has 0 radical (unpaired) electrons. The molecule has 2 aromatic carbocycles. The van der Waals surface area contributed by atoms with Gasteiger partial charge in [0.1, 0.15) is 11.4 Å². The first-order chi connectivity index (χ1) is 17.3. The lowest BCUT2D eigenvalue weighted by Gasteiger charge is -2.22. The minimum Gasteiger partial charge on any atom is -0.465 e. The lowest BCUT2D eigenvalue weighted by molar-refractivity contribution is -0.142. The summed E-state index contributed by atoms with van der Waals surface area (Å²) in [5.41, 5.74) is -2.49. The zero-order valence-electron chi connectivity index (χ0n) is 19.4. The second-order valence-electron chi connectivity index (χ2n) is 8.28. The molecule has 1 aromatic heterocycles. The standard InChI is InChI=1S/C24H20F6N4O3/c1-13(14-6-8-15(9-7-14)22(36)37-2)31-20(35)18-19(24(28,29)30)32-34-11-10-33(21(18)34)17-5-3-4-16(12-17)23(25,26)27/h3-9,12-13H,10-11H2,1-2H3,(H,31,35)/t13-/m0/s1. The third-order valence-electron chi connectivity index (χ3n) is 5.88. The minimum atomic E-state index is -4.99. The average molecular weight is 526 g/mol. The molecule has 1 N–H and O–H groups in total. The zero-order valence-corrected chi connectivity index (χ0v) is 19.4. The summed E-state index contributed by atoms with van der Waals surface area (Å²) in [6.45, 7) is 1.49. The van der Waals surface area contributed by atoms with Crippen molar-refractivity contribution in [2.24, 2.45) is 0 Å². The van der Waals surface area contributed by atoms with Crippen molar-refractivity contribution in [1.82, 2.24) is 15.1 Å². The van der Waals surface area contributed by atoms with Crippen molar-refractivity contribution < 1.29 is 40.7 Å². The first-order valence-corrected chi connectivity index (χ1v) is 10.9. The summed E-state index contributed by atoms with van der Waals surface area (Å²) >= 11 is 0. The molecule has 37 heavy (non-hydrogen) atoms. The highest BCUT2D eigenvalue weighted by Gasteiger charge is 2.44. The van der Waals surface area contributed by atoms with E-state index in [0.717, 1.165) is 22.9 Å². The lowest BCUT2D eigenvalue weighted by Crippen LogP contribution is -2.30. The molecule has 7 nitrogen and oxygen atoms in total. The molecule has 1 aliphatic heterocycles. The lowest BCUT2D eigenvalue weighted by atomic mass is 10.1. The van der Waals surface area contributed by atoms with E-state index in [1.807, 2.05) is 0 Å². The van der Waals surface area contributed by atoms with Gasteiger partial charge in [-0.1, -0.05) is 18.2 Å². The molecule has 13 heteroatoms. The number of alkyl halides is 6. The average Bonchev–Trinajstić information content (AvgIpc) is 3.43. The Bertz CT molecular complexity index is 1330. The van der Waals surface area contributed by atoms with Crippen molar-refractivity contribution in [3.8, 4) is 0 Å². The molecule has 0 saturated heterocycles. The summed E-state index contributed by atoms with van der Waals surface area (Å²) in [5.74, 6) is -1.93. The Morgan fingerprint density at radius 2 is 1.68 bits per heavy atom. The summed E-state index contributed by atoms with van der Waals surface area (Å²) in [7, 11) is 1.21. The van der Waals surface area contributed by atoms with E-state index in [1.165, 1.54) is 49.3 Å². The number of aromatic nitrogens is 2. The number of ether oxygens (including phenoxy) is 1. The van der Waals surface area contributed by atoms with Crippen molar-refractivity contribution >= 4 is 23.4 Å². The van der Waals surface area contributed by atoms with Crippen molar-refractivity contribution in [3.05, 3.63) is 76.5 Å². The molecule has 196 valence electrons. The smallest absolute Gasteiger partial charge is 0.436 e. The Balaban J connectivity index is 1.70. The van der Waals surface area contributed by atoms with Crippen LogP contribution in [0.4, 0.5) is 37.8 Å². The van der Waals surface area contributed by atoms with Crippen LogP contribution in [0.2, 0.25) is 0 Å². The van der Waals surface area contributed by atoms with Gasteiger partial charge in [0.2, 0.25) is 0 Å². The number of carbonyl (C=O) groups is 2. The minimum absolute atomic E-state index is 0.0204. The molecule has 0 unspecified atom stereocenters. The first kappa shape index (κ1) is 26.0. The van der Waals surface area contributed by atoms with Crippen LogP contribution in [0.15, 0.2) is 48.5 Å². The predicted octanol–water partition coefficient (Wildman–Crippen LogP) is 5.35. The molecule has 0 fully saturated rings. The largest absolute Gasteiger partial charge is 0.465 e. The maximum absolute atomic E-state index is 13.9. The number of nitrogens with one attached hydrogen (secondary N) is 1. The molecular formula is C24H20F6N4O3. The maximum Gasteiger partial charge on any atom is 0.436 e. The van der Waals surface area contributed by atoms with Gasteiger partial charge in [0.25, 0.3) is 5.91 Å². The quantitative estimate of drug-likeness (QED) is 0.358. The summed E-state index contributed by atoms with van der Waals surface area (Å²) in [5, 5.41) is 6.06. The molecule has 0 bridgehead atoms. The van der Waals surface area contributed by atoms with Gasteiger partial charge in [-0.2, -0.15) is 31.4 Å². The van der Waals surface area contributed by atoms with E-state index < -0.39 is 47.1 Å². The Morgan fingerprint density at radius 1 is 1.00 bits per heavy atom. The number of anilines is 2. The fourth-order valence-electron chi connectivity index (χ4n) is 4.07. The predicted molar refractivity (Wildman–Crippen MR) is 119 cm³/mol. The number of amides is 1. The van der Waals surface area contributed by atoms with Crippen LogP contribution in [0.5, 0.6) is 0 Å². The van der Waals surface area contributed by atoms with Crippen LogP contribution < -0.4 is 10.2 Å². The van der Waals surface area contributed by atoms with Gasteiger partial charge >= 0.3 is 18.3 Å². The van der Waals surface area contributed by atoms with E-state index in [9.17, 15) is 35.9 Å². The summed E-state index contributed by atoms with van der Waals surface area (Å²) in [6, 6.07) is 9.25. The second kappa shape index (κ2) is 9.45. The van der Waals surface area contributed by atoms with Crippen LogP contribution in [0.1, 0.15) is 50.5 Å². The van der Waals surface area contributed by atoms with Crippen molar-refractivity contribution in [2.75, 3.05) is 18.6 Å². The van der Waals surface area contributed by atoms with Crippen LogP contribution >= 0.6 is 0 Å². The summed E-state index contributed by atoms with van der Waals surface area (Å²) in [6.07, 6.45) is -9.65. The highest BCUT2D eigenvalue weighted by molar-refractivity contribution is 6.02. The van der Waals surface area contributed by atoms with Crippen LogP contribution in [-0.2, 0) is 23.6 Å². The first-order valence-electron chi connectivity index (χ1n) is 10.9. The SMILES string of the molecule is COC(=O)c1ccc([C@H](C)NC(=O)c2c(C(F)(F)F)nn3c2N(c2cccc(C(F)(F)F)c2)CC3)cc1. The number of benzene rings is 2. The van der Waals surface area contributed by atoms with Gasteiger partial charge in [-0.05, 0) is 42.8 Å².